The number of aromatic nitrogens is 2. The lowest BCUT2D eigenvalue weighted by Gasteiger charge is -2.30. The molecule has 2 aromatic carbocycles. The van der Waals surface area contributed by atoms with Crippen molar-refractivity contribution in [2.75, 3.05) is 38.0 Å². The number of anilines is 2. The predicted molar refractivity (Wildman–Crippen MR) is 128 cm³/mol. The molecule has 0 unspecified atom stereocenters. The van der Waals surface area contributed by atoms with Gasteiger partial charge in [0.25, 0.3) is 0 Å². The van der Waals surface area contributed by atoms with Gasteiger partial charge in [-0.05, 0) is 68.5 Å². The van der Waals surface area contributed by atoms with Crippen molar-refractivity contribution < 1.29 is 4.74 Å². The molecule has 1 aliphatic rings. The van der Waals surface area contributed by atoms with E-state index < -0.39 is 0 Å². The van der Waals surface area contributed by atoms with Gasteiger partial charge in [-0.25, -0.2) is 4.98 Å². The van der Waals surface area contributed by atoms with E-state index in [4.69, 9.17) is 14.7 Å². The zero-order chi connectivity index (χ0) is 21.6. The number of hydrogen-bond acceptors (Lipinski definition) is 6. The molecule has 0 saturated heterocycles. The Balaban J connectivity index is 1.27. The third-order valence-corrected chi connectivity index (χ3v) is 6.07. The van der Waals surface area contributed by atoms with Crippen LogP contribution in [0.1, 0.15) is 31.2 Å². The van der Waals surface area contributed by atoms with Crippen molar-refractivity contribution in [3.63, 3.8) is 0 Å². The molecule has 1 aliphatic carbocycles. The van der Waals surface area contributed by atoms with Gasteiger partial charge in [0.1, 0.15) is 11.6 Å². The van der Waals surface area contributed by atoms with Gasteiger partial charge in [-0.2, -0.15) is 4.98 Å². The molecule has 1 saturated carbocycles. The van der Waals surface area contributed by atoms with Gasteiger partial charge in [0.2, 0.25) is 5.95 Å². The molecule has 4 rings (SSSR count). The van der Waals surface area contributed by atoms with Crippen LogP contribution in [0.15, 0.2) is 48.5 Å². The van der Waals surface area contributed by atoms with Crippen LogP contribution < -0.4 is 20.3 Å². The molecule has 2 N–H and O–H groups in total. The predicted octanol–water partition coefficient (Wildman–Crippen LogP) is 4.26. The quantitative estimate of drug-likeness (QED) is 0.569. The topological polar surface area (TPSA) is 62.3 Å². The molecule has 1 fully saturated rings. The molecular weight excluding hydrogens is 386 g/mol. The molecule has 164 valence electrons. The molecule has 0 amide bonds. The average molecular weight is 420 g/mol. The number of nitrogens with one attached hydrogen (secondary N) is 2. The molecule has 0 atom stereocenters. The van der Waals surface area contributed by atoms with Crippen LogP contribution in [0.5, 0.6) is 5.75 Å². The van der Waals surface area contributed by atoms with Gasteiger partial charge in [-0.15, -0.1) is 0 Å². The van der Waals surface area contributed by atoms with Crippen molar-refractivity contribution in [3.8, 4) is 5.75 Å². The minimum absolute atomic E-state index is 0.427. The van der Waals surface area contributed by atoms with Gasteiger partial charge in [-0.1, -0.05) is 24.3 Å². The third-order valence-electron chi connectivity index (χ3n) is 6.07. The van der Waals surface area contributed by atoms with E-state index in [2.05, 4.69) is 39.8 Å². The first kappa shape index (κ1) is 21.4. The highest BCUT2D eigenvalue weighted by molar-refractivity contribution is 5.90. The van der Waals surface area contributed by atoms with Crippen LogP contribution in [0.2, 0.25) is 0 Å². The second-order valence-electron chi connectivity index (χ2n) is 8.53. The number of methoxy groups -OCH3 is 1. The van der Waals surface area contributed by atoms with E-state index in [-0.39, 0.29) is 0 Å². The summed E-state index contributed by atoms with van der Waals surface area (Å²) in [7, 11) is 5.76. The summed E-state index contributed by atoms with van der Waals surface area (Å²) >= 11 is 0. The van der Waals surface area contributed by atoms with Gasteiger partial charge in [0.05, 0.1) is 12.6 Å². The van der Waals surface area contributed by atoms with Crippen LogP contribution in [0.3, 0.4) is 0 Å². The van der Waals surface area contributed by atoms with Crippen molar-refractivity contribution >= 4 is 22.7 Å². The van der Waals surface area contributed by atoms with E-state index in [0.29, 0.717) is 12.1 Å². The standard InChI is InChI=1S/C25H33N5O/c1-30(2)24-22-6-4-5-7-23(22)28-25(29-24)27-20-12-10-19(11-13-20)26-17-16-18-8-14-21(31-3)15-9-18/h4-9,14-15,19-20,26H,10-13,16-17H2,1-3H3,(H,27,28,29)/t19-,20+. The number of hydrogen-bond donors (Lipinski definition) is 2. The SMILES string of the molecule is COc1ccc(CCN[C@H]2CC[C@@H](Nc3nc(N(C)C)c4ccccc4n3)CC2)cc1. The minimum Gasteiger partial charge on any atom is -0.497 e. The average Bonchev–Trinajstić information content (AvgIpc) is 2.80. The first-order valence-electron chi connectivity index (χ1n) is 11.2. The summed E-state index contributed by atoms with van der Waals surface area (Å²) in [6, 6.07) is 17.6. The van der Waals surface area contributed by atoms with Gasteiger partial charge in [-0.3, -0.25) is 0 Å². The lowest BCUT2D eigenvalue weighted by atomic mass is 9.91. The van der Waals surface area contributed by atoms with Gasteiger partial charge in [0, 0.05) is 31.6 Å². The fraction of sp³-hybridized carbons (Fsp3) is 0.440. The fourth-order valence-electron chi connectivity index (χ4n) is 4.30. The maximum Gasteiger partial charge on any atom is 0.225 e. The van der Waals surface area contributed by atoms with Crippen molar-refractivity contribution in [3.05, 3.63) is 54.1 Å². The number of nitrogens with zero attached hydrogens (tertiary/aromatic N) is 3. The van der Waals surface area contributed by atoms with Crippen LogP contribution in [0.25, 0.3) is 10.9 Å². The van der Waals surface area contributed by atoms with Crippen molar-refractivity contribution in [1.82, 2.24) is 15.3 Å². The number of ether oxygens (including phenoxy) is 1. The first-order chi connectivity index (χ1) is 15.1. The van der Waals surface area contributed by atoms with E-state index in [1.807, 2.05) is 38.4 Å². The fourth-order valence-corrected chi connectivity index (χ4v) is 4.30. The number of fused-ring (bicyclic) bond motifs is 1. The molecule has 31 heavy (non-hydrogen) atoms. The molecule has 3 aromatic rings. The van der Waals surface area contributed by atoms with Crippen LogP contribution in [-0.2, 0) is 6.42 Å². The summed E-state index contributed by atoms with van der Waals surface area (Å²) in [4.78, 5) is 11.6. The summed E-state index contributed by atoms with van der Waals surface area (Å²) < 4.78 is 5.23. The van der Waals surface area contributed by atoms with Crippen LogP contribution >= 0.6 is 0 Å². The second kappa shape index (κ2) is 9.96. The Bertz CT molecular complexity index is 981. The number of para-hydroxylation sites is 1. The highest BCUT2D eigenvalue weighted by Crippen LogP contribution is 2.26. The second-order valence-corrected chi connectivity index (χ2v) is 8.53. The summed E-state index contributed by atoms with van der Waals surface area (Å²) in [5.41, 5.74) is 2.33. The molecule has 0 radical (unpaired) electrons. The lowest BCUT2D eigenvalue weighted by molar-refractivity contribution is 0.355. The molecule has 1 heterocycles. The zero-order valence-corrected chi connectivity index (χ0v) is 18.8. The maximum atomic E-state index is 5.23. The monoisotopic (exact) mass is 419 g/mol. The molecular formula is C25H33N5O. The summed E-state index contributed by atoms with van der Waals surface area (Å²) in [5.74, 6) is 2.61. The van der Waals surface area contributed by atoms with Crippen LogP contribution in [-0.4, -0.2) is 49.8 Å². The Labute approximate surface area is 185 Å². The smallest absolute Gasteiger partial charge is 0.225 e. The van der Waals surface area contributed by atoms with E-state index in [0.717, 1.165) is 54.2 Å². The summed E-state index contributed by atoms with van der Waals surface area (Å²) in [5, 5.41) is 8.41. The Kier molecular flexibility index (Phi) is 6.87. The molecule has 0 spiro atoms. The molecule has 1 aromatic heterocycles. The summed E-state index contributed by atoms with van der Waals surface area (Å²) in [6.45, 7) is 1.01. The lowest BCUT2D eigenvalue weighted by Crippen LogP contribution is -2.38. The minimum atomic E-state index is 0.427. The van der Waals surface area contributed by atoms with E-state index >= 15 is 0 Å². The van der Waals surface area contributed by atoms with Crippen LogP contribution in [0.4, 0.5) is 11.8 Å². The van der Waals surface area contributed by atoms with Gasteiger partial charge in [0.15, 0.2) is 0 Å². The highest BCUT2D eigenvalue weighted by Gasteiger charge is 2.22. The molecule has 6 heteroatoms. The third kappa shape index (κ3) is 5.44. The van der Waals surface area contributed by atoms with E-state index in [1.54, 1.807) is 7.11 Å². The number of benzene rings is 2. The Hall–Kier alpha value is -2.86. The Morgan fingerprint density at radius 3 is 2.35 bits per heavy atom. The Morgan fingerprint density at radius 1 is 0.935 bits per heavy atom. The maximum absolute atomic E-state index is 5.23. The number of rotatable bonds is 8. The molecule has 0 bridgehead atoms. The zero-order valence-electron chi connectivity index (χ0n) is 18.8. The summed E-state index contributed by atoms with van der Waals surface area (Å²) in [6.07, 6.45) is 5.66. The largest absolute Gasteiger partial charge is 0.497 e. The highest BCUT2D eigenvalue weighted by atomic mass is 16.5. The van der Waals surface area contributed by atoms with Gasteiger partial charge < -0.3 is 20.3 Å². The van der Waals surface area contributed by atoms with Crippen molar-refractivity contribution in [2.45, 2.75) is 44.2 Å². The molecule has 6 nitrogen and oxygen atoms in total. The van der Waals surface area contributed by atoms with E-state index in [9.17, 15) is 0 Å². The van der Waals surface area contributed by atoms with Crippen molar-refractivity contribution in [1.29, 1.82) is 0 Å². The first-order valence-corrected chi connectivity index (χ1v) is 11.2. The van der Waals surface area contributed by atoms with Crippen molar-refractivity contribution in [2.24, 2.45) is 0 Å². The van der Waals surface area contributed by atoms with Gasteiger partial charge >= 0.3 is 0 Å². The normalized spacial score (nSPS) is 18.7. The van der Waals surface area contributed by atoms with Crippen LogP contribution in [0, 0.1) is 0 Å². The van der Waals surface area contributed by atoms with E-state index in [1.165, 1.54) is 18.4 Å². The Morgan fingerprint density at radius 2 is 1.65 bits per heavy atom. The molecule has 0 aliphatic heterocycles.